The zero-order valence-corrected chi connectivity index (χ0v) is 42.3. The van der Waals surface area contributed by atoms with Gasteiger partial charge in [0.25, 0.3) is 0 Å². The first-order valence-electron chi connectivity index (χ1n) is 22.9. The second kappa shape index (κ2) is 39.7. The summed E-state index contributed by atoms with van der Waals surface area (Å²) in [5.74, 6) is 4.11. The predicted molar refractivity (Wildman–Crippen MR) is 246 cm³/mol. The molecule has 0 rings (SSSR count). The Kier molecular flexibility index (Phi) is 39.9. The van der Waals surface area contributed by atoms with Gasteiger partial charge in [0.15, 0.2) is 0 Å². The van der Waals surface area contributed by atoms with Crippen LogP contribution in [0.2, 0.25) is 4.44 Å². The Bertz CT molecular complexity index is 811. The van der Waals surface area contributed by atoms with E-state index in [1.165, 1.54) is 107 Å². The number of hydrogen-bond acceptors (Lipinski definition) is 9. The Morgan fingerprint density at radius 2 is 0.709 bits per heavy atom. The summed E-state index contributed by atoms with van der Waals surface area (Å²) in [5.41, 5.74) is 0. The fourth-order valence-corrected chi connectivity index (χ4v) is 45.1. The summed E-state index contributed by atoms with van der Waals surface area (Å²) >= 11 is -3.10. The Morgan fingerprint density at radius 3 is 1.02 bits per heavy atom. The molecule has 6 nitrogen and oxygen atoms in total. The third kappa shape index (κ3) is 39.5. The van der Waals surface area contributed by atoms with E-state index in [9.17, 15) is 14.4 Å². The van der Waals surface area contributed by atoms with Crippen LogP contribution in [0.4, 0.5) is 0 Å². The van der Waals surface area contributed by atoms with Crippen LogP contribution in [0.15, 0.2) is 0 Å². The van der Waals surface area contributed by atoms with E-state index in [0.717, 1.165) is 55.8 Å². The number of rotatable bonds is 41. The number of ether oxygens (including phenoxy) is 3. The van der Waals surface area contributed by atoms with Gasteiger partial charge in [-0.3, -0.25) is 0 Å². The van der Waals surface area contributed by atoms with Crippen molar-refractivity contribution >= 4 is 59.0 Å². The van der Waals surface area contributed by atoms with Gasteiger partial charge in [-0.05, 0) is 0 Å². The molecule has 0 aromatic rings. The molecule has 0 amide bonds. The van der Waals surface area contributed by atoms with Crippen LogP contribution in [0.25, 0.3) is 0 Å². The van der Waals surface area contributed by atoms with E-state index >= 15 is 0 Å². The molecule has 326 valence electrons. The Morgan fingerprint density at radius 1 is 0.418 bits per heavy atom. The van der Waals surface area contributed by atoms with Gasteiger partial charge in [0.1, 0.15) is 0 Å². The number of unbranched alkanes of at least 4 members (excludes halogenated alkanes) is 15. The molecule has 0 saturated carbocycles. The van der Waals surface area contributed by atoms with E-state index in [2.05, 4.69) is 48.5 Å². The van der Waals surface area contributed by atoms with Gasteiger partial charge in [0.2, 0.25) is 0 Å². The van der Waals surface area contributed by atoms with E-state index < -0.39 is 14.2 Å². The second-order valence-electron chi connectivity index (χ2n) is 16.8. The Balaban J connectivity index is 5.31. The van der Waals surface area contributed by atoms with Crippen LogP contribution in [0, 0.1) is 17.8 Å². The average molecular weight is 940 g/mol. The van der Waals surface area contributed by atoms with Crippen molar-refractivity contribution in [2.45, 2.75) is 213 Å². The first-order valence-corrected chi connectivity index (χ1v) is 38.3. The number of esters is 3. The predicted octanol–water partition coefficient (Wildman–Crippen LogP) is 14.5. The van der Waals surface area contributed by atoms with Crippen molar-refractivity contribution in [3.8, 4) is 0 Å². The molecule has 55 heavy (non-hydrogen) atoms. The molecule has 0 radical (unpaired) electrons. The molecular formula is C45H88O6S3Sn. The fraction of sp³-hybridized carbons (Fsp3) is 0.933. The monoisotopic (exact) mass is 940 g/mol. The summed E-state index contributed by atoms with van der Waals surface area (Å²) in [5, 5.41) is 0. The van der Waals surface area contributed by atoms with Crippen molar-refractivity contribution < 1.29 is 28.6 Å². The maximum absolute atomic E-state index is 12.8. The number of hydrogen-bond donors (Lipinski definition) is 0. The van der Waals surface area contributed by atoms with Crippen molar-refractivity contribution in [3.63, 3.8) is 0 Å². The van der Waals surface area contributed by atoms with Gasteiger partial charge < -0.3 is 0 Å². The van der Waals surface area contributed by atoms with Gasteiger partial charge in [-0.15, -0.1) is 0 Å². The van der Waals surface area contributed by atoms with E-state index in [-0.39, 0.29) is 17.9 Å². The minimum absolute atomic E-state index is 0.0978. The van der Waals surface area contributed by atoms with Crippen molar-refractivity contribution in [3.05, 3.63) is 0 Å². The first kappa shape index (κ1) is 55.3. The van der Waals surface area contributed by atoms with Gasteiger partial charge in [-0.2, -0.15) is 0 Å². The van der Waals surface area contributed by atoms with Crippen molar-refractivity contribution in [2.75, 3.05) is 37.1 Å². The van der Waals surface area contributed by atoms with Gasteiger partial charge >= 0.3 is 356 Å². The number of carbonyl (C=O) groups is 3. The van der Waals surface area contributed by atoms with Crippen LogP contribution in [0.5, 0.6) is 0 Å². The second-order valence-corrected chi connectivity index (χ2v) is 50.9. The zero-order valence-electron chi connectivity index (χ0n) is 37.0. The summed E-state index contributed by atoms with van der Waals surface area (Å²) < 4.78 is 18.1. The van der Waals surface area contributed by atoms with Crippen LogP contribution < -0.4 is 0 Å². The molecule has 0 aliphatic carbocycles. The molecule has 0 saturated heterocycles. The van der Waals surface area contributed by atoms with Gasteiger partial charge in [-0.1, -0.05) is 0 Å². The third-order valence-electron chi connectivity index (χ3n) is 9.79. The average Bonchev–Trinajstić information content (AvgIpc) is 3.13. The van der Waals surface area contributed by atoms with E-state index in [1.54, 1.807) is 0 Å². The molecule has 0 unspecified atom stereocenters. The zero-order chi connectivity index (χ0) is 40.8. The molecule has 0 heterocycles. The van der Waals surface area contributed by atoms with Crippen LogP contribution >= 0.6 is 26.8 Å². The number of carbonyl (C=O) groups excluding carboxylic acids is 3. The van der Waals surface area contributed by atoms with Crippen molar-refractivity contribution in [2.24, 2.45) is 17.8 Å². The summed E-state index contributed by atoms with van der Waals surface area (Å²) in [4.78, 5) is 38.3. The SMILES string of the molecule is CCCCCCCCCCC[CH2][Sn]([S]CCC(=O)OCCCCCC(C)C)([S]CCC(=O)OCCCCCC(C)C)[S]CCC(=O)OCCCCCC(C)C. The Hall–Kier alpha value is 0.259. The molecule has 0 bridgehead atoms. The maximum atomic E-state index is 12.8. The molecule has 0 aromatic heterocycles. The van der Waals surface area contributed by atoms with Crippen molar-refractivity contribution in [1.29, 1.82) is 0 Å². The van der Waals surface area contributed by atoms with Crippen LogP contribution in [0.3, 0.4) is 0 Å². The van der Waals surface area contributed by atoms with Gasteiger partial charge in [0.05, 0.1) is 0 Å². The normalized spacial score (nSPS) is 11.9. The van der Waals surface area contributed by atoms with E-state index in [1.807, 2.05) is 26.8 Å². The van der Waals surface area contributed by atoms with E-state index in [0.29, 0.717) is 56.8 Å². The molecule has 0 fully saturated rings. The van der Waals surface area contributed by atoms with Crippen LogP contribution in [0.1, 0.15) is 209 Å². The molecule has 0 aliphatic heterocycles. The molecular weight excluding hydrogens is 851 g/mol. The molecule has 0 aliphatic rings. The summed E-state index contributed by atoms with van der Waals surface area (Å²) in [6, 6.07) is 0. The van der Waals surface area contributed by atoms with Crippen molar-refractivity contribution in [1.82, 2.24) is 0 Å². The Labute approximate surface area is 353 Å². The molecule has 0 spiro atoms. The van der Waals surface area contributed by atoms with E-state index in [4.69, 9.17) is 14.2 Å². The van der Waals surface area contributed by atoms with Crippen LogP contribution in [-0.2, 0) is 28.6 Å². The standard InChI is InChI=1S/C12H25.3C11H22O2S.Sn/c1-3-5-7-9-11-12-10-8-6-4-2;3*1-10(2)6-4-3-5-8-13-11(12)7-9-14;/h1,3-12H2,2H3;3*10,14H,3-9H2,1-2H3;/q;;;;+3/p-3. The quantitative estimate of drug-likeness (QED) is 0.0258. The minimum atomic E-state index is -3.10. The molecule has 0 N–H and O–H groups in total. The van der Waals surface area contributed by atoms with Crippen LogP contribution in [-0.4, -0.2) is 69.2 Å². The summed E-state index contributed by atoms with van der Waals surface area (Å²) in [6.45, 7) is 17.3. The third-order valence-corrected chi connectivity index (χ3v) is 50.0. The van der Waals surface area contributed by atoms with Gasteiger partial charge in [0, 0.05) is 0 Å². The molecule has 0 atom stereocenters. The summed E-state index contributed by atoms with van der Waals surface area (Å²) in [6.07, 6.45) is 27.6. The first-order chi connectivity index (χ1) is 26.5. The molecule has 10 heteroatoms. The topological polar surface area (TPSA) is 78.9 Å². The molecule has 0 aromatic carbocycles. The summed E-state index contributed by atoms with van der Waals surface area (Å²) in [7, 11) is 6.06. The van der Waals surface area contributed by atoms with Gasteiger partial charge in [-0.25, -0.2) is 0 Å². The fourth-order valence-electron chi connectivity index (χ4n) is 6.31.